The van der Waals surface area contributed by atoms with Crippen molar-refractivity contribution in [3.8, 4) is 6.07 Å². The molecule has 10 heavy (non-hydrogen) atoms. The van der Waals surface area contributed by atoms with E-state index >= 15 is 0 Å². The van der Waals surface area contributed by atoms with Gasteiger partial charge in [-0.3, -0.25) is 5.26 Å². The number of rotatable bonds is 0. The van der Waals surface area contributed by atoms with Crippen LogP contribution in [0.4, 0.5) is 4.39 Å². The summed E-state index contributed by atoms with van der Waals surface area (Å²) in [7, 11) is 0. The van der Waals surface area contributed by atoms with E-state index in [1.807, 2.05) is 0 Å². The van der Waals surface area contributed by atoms with Gasteiger partial charge >= 0.3 is 0 Å². The molecule has 0 aliphatic carbocycles. The monoisotopic (exact) mass is 175 g/mol. The summed E-state index contributed by atoms with van der Waals surface area (Å²) in [6.07, 6.45) is 0. The van der Waals surface area contributed by atoms with Gasteiger partial charge in [-0.05, 0) is 6.07 Å². The third-order valence-corrected chi connectivity index (χ3v) is 0.880. The molecule has 0 unspecified atom stereocenters. The minimum absolute atomic E-state index is 0. The Morgan fingerprint density at radius 3 is 2.60 bits per heavy atom. The van der Waals surface area contributed by atoms with Gasteiger partial charge in [-0.2, -0.15) is 0 Å². The van der Waals surface area contributed by atoms with E-state index < -0.39 is 5.82 Å². The van der Waals surface area contributed by atoms with Gasteiger partial charge in [-0.1, -0.05) is 11.6 Å². The maximum absolute atomic E-state index is 12.1. The van der Waals surface area contributed by atoms with Crippen molar-refractivity contribution in [1.29, 1.82) is 5.26 Å². The molecule has 0 aromatic heterocycles. The summed E-state index contributed by atoms with van der Waals surface area (Å²) in [4.78, 5) is 0. The minimum Gasteiger partial charge on any atom is -0.262 e. The minimum atomic E-state index is -0.492. The quantitative estimate of drug-likeness (QED) is 0.433. The van der Waals surface area contributed by atoms with Crippen molar-refractivity contribution in [2.75, 3.05) is 0 Å². The average molecular weight is 175 g/mol. The number of halogens is 1. The normalized spacial score (nSPS) is 7.60. The Morgan fingerprint density at radius 1 is 1.50 bits per heavy atom. The molecule has 0 saturated heterocycles. The molecule has 1 nitrogen and oxygen atoms in total. The fourth-order valence-electron chi connectivity index (χ4n) is 0.506. The summed E-state index contributed by atoms with van der Waals surface area (Å²) < 4.78 is 12.1. The van der Waals surface area contributed by atoms with Gasteiger partial charge in [0.2, 0.25) is 0 Å². The molecule has 0 fully saturated rings. The molecule has 3 heteroatoms. The smallest absolute Gasteiger partial charge is 0.0410 e. The van der Waals surface area contributed by atoms with Gasteiger partial charge in [0.05, 0.1) is 0 Å². The van der Waals surface area contributed by atoms with E-state index in [4.69, 9.17) is 5.26 Å². The van der Waals surface area contributed by atoms with Crippen LogP contribution in [-0.2, 0) is 17.1 Å². The molecule has 0 saturated carbocycles. The first-order chi connectivity index (χ1) is 4.33. The second-order valence-electron chi connectivity index (χ2n) is 1.52. The van der Waals surface area contributed by atoms with Crippen molar-refractivity contribution in [2.24, 2.45) is 0 Å². The summed E-state index contributed by atoms with van der Waals surface area (Å²) in [6, 6.07) is 8.23. The van der Waals surface area contributed by atoms with Gasteiger partial charge in [-0.25, -0.2) is 4.39 Å². The maximum atomic E-state index is 12.1. The molecule has 0 aliphatic rings. The number of nitrogens with zero attached hydrogens (tertiary/aromatic N) is 1. The molecule has 51 valence electrons. The third kappa shape index (κ3) is 2.18. The molecule has 1 radical (unpaired) electrons. The van der Waals surface area contributed by atoms with Gasteiger partial charge in [0.15, 0.2) is 0 Å². The predicted octanol–water partition coefficient (Wildman–Crippen LogP) is 1.50. The van der Waals surface area contributed by atoms with E-state index in [0.29, 0.717) is 0 Å². The molecule has 0 bridgehead atoms. The Bertz CT molecular complexity index is 254. The van der Waals surface area contributed by atoms with Crippen LogP contribution < -0.4 is 0 Å². The van der Waals surface area contributed by atoms with Crippen molar-refractivity contribution in [1.82, 2.24) is 0 Å². The van der Waals surface area contributed by atoms with Gasteiger partial charge in [0, 0.05) is 22.9 Å². The third-order valence-electron chi connectivity index (χ3n) is 0.880. The summed E-state index contributed by atoms with van der Waals surface area (Å²) in [5.74, 6) is -0.492. The van der Waals surface area contributed by atoms with Crippen LogP contribution in [0.5, 0.6) is 0 Å². The first-order valence-electron chi connectivity index (χ1n) is 2.41. The number of hydrogen-bond acceptors (Lipinski definition) is 1. The number of nitriles is 1. The number of benzene rings is 1. The Morgan fingerprint density at radius 2 is 2.20 bits per heavy atom. The van der Waals surface area contributed by atoms with E-state index in [2.05, 4.69) is 6.07 Å². The Labute approximate surface area is 69.0 Å². The van der Waals surface area contributed by atoms with Crippen LogP contribution in [0, 0.1) is 23.2 Å². The first-order valence-corrected chi connectivity index (χ1v) is 2.41. The first kappa shape index (κ1) is 9.16. The zero-order valence-corrected chi connectivity index (χ0v) is 6.12. The van der Waals surface area contributed by atoms with E-state index in [9.17, 15) is 4.39 Å². The average Bonchev–Trinajstić information content (AvgIpc) is 1.88. The predicted molar refractivity (Wildman–Crippen MR) is 30.0 cm³/mol. The van der Waals surface area contributed by atoms with Crippen LogP contribution in [0.25, 0.3) is 0 Å². The zero-order chi connectivity index (χ0) is 6.69. The fourth-order valence-corrected chi connectivity index (χ4v) is 0.506. The Balaban J connectivity index is 0.000000810. The molecule has 1 aromatic carbocycles. The summed E-state index contributed by atoms with van der Waals surface area (Å²) in [6.45, 7) is 0. The molecule has 0 heterocycles. The van der Waals surface area contributed by atoms with Crippen LogP contribution in [0.3, 0.4) is 0 Å². The van der Waals surface area contributed by atoms with Crippen molar-refractivity contribution in [3.05, 3.63) is 35.6 Å². The van der Waals surface area contributed by atoms with Crippen LogP contribution in [0.2, 0.25) is 0 Å². The van der Waals surface area contributed by atoms with Crippen molar-refractivity contribution in [3.63, 3.8) is 0 Å². The second-order valence-corrected chi connectivity index (χ2v) is 1.52. The largest absolute Gasteiger partial charge is 0.262 e. The summed E-state index contributed by atoms with van der Waals surface area (Å²) >= 11 is 0. The molecule has 1 rings (SSSR count). The SMILES string of the molecule is N#Cc1[c-]c(F)ccc1.[Mn]. The van der Waals surface area contributed by atoms with Gasteiger partial charge in [-0.15, -0.1) is 18.2 Å². The van der Waals surface area contributed by atoms with Crippen LogP contribution in [-0.4, -0.2) is 0 Å². The van der Waals surface area contributed by atoms with Gasteiger partial charge < -0.3 is 0 Å². The molecular weight excluding hydrogens is 172 g/mol. The molecule has 0 amide bonds. The zero-order valence-electron chi connectivity index (χ0n) is 4.94. The van der Waals surface area contributed by atoms with Crippen molar-refractivity contribution >= 4 is 0 Å². The van der Waals surface area contributed by atoms with Crippen molar-refractivity contribution < 1.29 is 21.5 Å². The molecule has 0 spiro atoms. The molecule has 0 aliphatic heterocycles. The van der Waals surface area contributed by atoms with E-state index in [1.54, 1.807) is 6.07 Å². The maximum Gasteiger partial charge on any atom is 0.0410 e. The van der Waals surface area contributed by atoms with E-state index in [0.717, 1.165) is 0 Å². The molecule has 0 atom stereocenters. The fraction of sp³-hybridized carbons (Fsp3) is 0. The molecule has 0 N–H and O–H groups in total. The van der Waals surface area contributed by atoms with E-state index in [1.165, 1.54) is 18.2 Å². The molecule has 1 aromatic rings. The van der Waals surface area contributed by atoms with E-state index in [-0.39, 0.29) is 22.6 Å². The van der Waals surface area contributed by atoms with Crippen LogP contribution >= 0.6 is 0 Å². The van der Waals surface area contributed by atoms with Gasteiger partial charge in [0.25, 0.3) is 0 Å². The second kappa shape index (κ2) is 4.05. The standard InChI is InChI=1S/C7H3FN.Mn/c8-7-3-1-2-6(4-7)5-9;/h1-3H;/q-1;. The number of hydrogen-bond donors (Lipinski definition) is 0. The Hall–Kier alpha value is -0.841. The summed E-state index contributed by atoms with van der Waals surface area (Å²) in [5.41, 5.74) is 0.231. The van der Waals surface area contributed by atoms with Crippen LogP contribution in [0.15, 0.2) is 18.2 Å². The van der Waals surface area contributed by atoms with Gasteiger partial charge in [0.1, 0.15) is 0 Å². The summed E-state index contributed by atoms with van der Waals surface area (Å²) in [5, 5.41) is 8.21. The Kier molecular flexibility index (Phi) is 3.71. The van der Waals surface area contributed by atoms with Crippen LogP contribution in [0.1, 0.15) is 5.56 Å². The topological polar surface area (TPSA) is 23.8 Å². The van der Waals surface area contributed by atoms with Crippen molar-refractivity contribution in [2.45, 2.75) is 0 Å². The molecular formula is C7H3FMnN-.